The normalized spacial score (nSPS) is 21.1. The highest BCUT2D eigenvalue weighted by Gasteiger charge is 2.20. The van der Waals surface area contributed by atoms with E-state index in [1.54, 1.807) is 0 Å². The Balaban J connectivity index is 2.14. The van der Waals surface area contributed by atoms with Crippen molar-refractivity contribution >= 4 is 0 Å². The standard InChI is InChI=1S/C14H25N3/c1-4-12-13(8-10(2)3)17-14(16-12)11-6-5-7-15-9-11/h10-11,15H,4-9H2,1-3H3,(H,16,17). The van der Waals surface area contributed by atoms with E-state index in [1.165, 1.54) is 30.1 Å². The van der Waals surface area contributed by atoms with Crippen LogP contribution in [-0.2, 0) is 12.8 Å². The van der Waals surface area contributed by atoms with Crippen LogP contribution < -0.4 is 5.32 Å². The highest BCUT2D eigenvalue weighted by atomic mass is 15.0. The Kier molecular flexibility index (Phi) is 4.21. The first-order valence-electron chi connectivity index (χ1n) is 6.99. The molecule has 0 aromatic carbocycles. The summed E-state index contributed by atoms with van der Waals surface area (Å²) in [6.07, 6.45) is 4.70. The second-order valence-electron chi connectivity index (χ2n) is 5.54. The minimum Gasteiger partial charge on any atom is -0.345 e. The molecule has 1 fully saturated rings. The van der Waals surface area contributed by atoms with E-state index in [0.29, 0.717) is 11.8 Å². The molecular weight excluding hydrogens is 210 g/mol. The molecule has 1 aromatic rings. The van der Waals surface area contributed by atoms with Crippen LogP contribution in [0.15, 0.2) is 0 Å². The van der Waals surface area contributed by atoms with Crippen molar-refractivity contribution in [3.63, 3.8) is 0 Å². The molecule has 1 atom stereocenters. The largest absolute Gasteiger partial charge is 0.345 e. The number of H-pyrrole nitrogens is 1. The van der Waals surface area contributed by atoms with E-state index in [0.717, 1.165) is 25.9 Å². The minimum atomic E-state index is 0.593. The van der Waals surface area contributed by atoms with Gasteiger partial charge in [0.25, 0.3) is 0 Å². The number of nitrogens with zero attached hydrogens (tertiary/aromatic N) is 1. The zero-order chi connectivity index (χ0) is 12.3. The molecular formula is C14H25N3. The topological polar surface area (TPSA) is 40.7 Å². The summed E-state index contributed by atoms with van der Waals surface area (Å²) in [6, 6.07) is 0. The van der Waals surface area contributed by atoms with E-state index >= 15 is 0 Å². The summed E-state index contributed by atoms with van der Waals surface area (Å²) in [7, 11) is 0. The predicted molar refractivity (Wildman–Crippen MR) is 71.4 cm³/mol. The predicted octanol–water partition coefficient (Wildman–Crippen LogP) is 2.64. The molecule has 0 bridgehead atoms. The molecule has 1 aliphatic heterocycles. The van der Waals surface area contributed by atoms with E-state index in [2.05, 4.69) is 31.1 Å². The Hall–Kier alpha value is -0.830. The van der Waals surface area contributed by atoms with Crippen molar-refractivity contribution in [3.8, 4) is 0 Å². The molecule has 1 aliphatic rings. The second kappa shape index (κ2) is 5.67. The Morgan fingerprint density at radius 3 is 2.82 bits per heavy atom. The second-order valence-corrected chi connectivity index (χ2v) is 5.54. The fraction of sp³-hybridized carbons (Fsp3) is 0.786. The van der Waals surface area contributed by atoms with Crippen LogP contribution in [0.1, 0.15) is 56.7 Å². The molecule has 96 valence electrons. The summed E-state index contributed by atoms with van der Waals surface area (Å²) in [5.74, 6) is 2.50. The number of aryl methyl sites for hydroxylation is 1. The van der Waals surface area contributed by atoms with Crippen molar-refractivity contribution in [2.45, 2.75) is 52.4 Å². The van der Waals surface area contributed by atoms with Gasteiger partial charge in [-0.05, 0) is 38.1 Å². The number of aromatic amines is 1. The minimum absolute atomic E-state index is 0.593. The van der Waals surface area contributed by atoms with Crippen molar-refractivity contribution in [2.75, 3.05) is 13.1 Å². The molecule has 17 heavy (non-hydrogen) atoms. The van der Waals surface area contributed by atoms with E-state index in [1.807, 2.05) is 0 Å². The highest BCUT2D eigenvalue weighted by Crippen LogP contribution is 2.23. The van der Waals surface area contributed by atoms with E-state index < -0.39 is 0 Å². The summed E-state index contributed by atoms with van der Waals surface area (Å²) in [4.78, 5) is 8.39. The molecule has 2 N–H and O–H groups in total. The number of piperidine rings is 1. The van der Waals surface area contributed by atoms with E-state index in [4.69, 9.17) is 4.98 Å². The summed E-state index contributed by atoms with van der Waals surface area (Å²) in [5, 5.41) is 3.46. The third-order valence-corrected chi connectivity index (χ3v) is 3.51. The first-order valence-corrected chi connectivity index (χ1v) is 6.99. The van der Waals surface area contributed by atoms with E-state index in [9.17, 15) is 0 Å². The molecule has 3 nitrogen and oxygen atoms in total. The SMILES string of the molecule is CCc1nc(C2CCCNC2)[nH]c1CC(C)C. The summed E-state index contributed by atoms with van der Waals surface area (Å²) in [5.41, 5.74) is 2.64. The number of aromatic nitrogens is 2. The van der Waals surface area contributed by atoms with Crippen LogP contribution in [0.3, 0.4) is 0 Å². The number of rotatable bonds is 4. The van der Waals surface area contributed by atoms with Crippen LogP contribution in [0.2, 0.25) is 0 Å². The first-order chi connectivity index (χ1) is 8.20. The maximum Gasteiger partial charge on any atom is 0.110 e. The lowest BCUT2D eigenvalue weighted by atomic mass is 9.99. The van der Waals surface area contributed by atoms with Gasteiger partial charge in [0, 0.05) is 18.2 Å². The third kappa shape index (κ3) is 3.09. The van der Waals surface area contributed by atoms with Gasteiger partial charge in [0.1, 0.15) is 5.82 Å². The van der Waals surface area contributed by atoms with Gasteiger partial charge < -0.3 is 10.3 Å². The van der Waals surface area contributed by atoms with Crippen LogP contribution in [0, 0.1) is 5.92 Å². The maximum atomic E-state index is 4.81. The average Bonchev–Trinajstić information content (AvgIpc) is 2.72. The maximum absolute atomic E-state index is 4.81. The molecule has 1 aromatic heterocycles. The van der Waals surface area contributed by atoms with Crippen LogP contribution >= 0.6 is 0 Å². The van der Waals surface area contributed by atoms with Gasteiger partial charge in [-0.25, -0.2) is 4.98 Å². The molecule has 2 rings (SSSR count). The van der Waals surface area contributed by atoms with Gasteiger partial charge in [0.05, 0.1) is 5.69 Å². The van der Waals surface area contributed by atoms with Crippen LogP contribution in [0.5, 0.6) is 0 Å². The first kappa shape index (κ1) is 12.6. The van der Waals surface area contributed by atoms with Crippen LogP contribution in [-0.4, -0.2) is 23.1 Å². The van der Waals surface area contributed by atoms with Gasteiger partial charge in [-0.1, -0.05) is 20.8 Å². The van der Waals surface area contributed by atoms with Gasteiger partial charge >= 0.3 is 0 Å². The molecule has 1 unspecified atom stereocenters. The van der Waals surface area contributed by atoms with Crippen molar-refractivity contribution < 1.29 is 0 Å². The van der Waals surface area contributed by atoms with Crippen molar-refractivity contribution in [2.24, 2.45) is 5.92 Å². The van der Waals surface area contributed by atoms with Crippen LogP contribution in [0.4, 0.5) is 0 Å². The average molecular weight is 235 g/mol. The lowest BCUT2D eigenvalue weighted by molar-refractivity contribution is 0.448. The fourth-order valence-electron chi connectivity index (χ4n) is 2.62. The third-order valence-electron chi connectivity index (χ3n) is 3.51. The fourth-order valence-corrected chi connectivity index (χ4v) is 2.62. The molecule has 0 saturated carbocycles. The van der Waals surface area contributed by atoms with Gasteiger partial charge in [0.15, 0.2) is 0 Å². The Bertz CT molecular complexity index is 348. The van der Waals surface area contributed by atoms with Gasteiger partial charge in [0.2, 0.25) is 0 Å². The molecule has 0 amide bonds. The Morgan fingerprint density at radius 2 is 2.24 bits per heavy atom. The van der Waals surface area contributed by atoms with Gasteiger partial charge in [-0.2, -0.15) is 0 Å². The molecule has 2 heterocycles. The monoisotopic (exact) mass is 235 g/mol. The van der Waals surface area contributed by atoms with Crippen molar-refractivity contribution in [3.05, 3.63) is 17.2 Å². The van der Waals surface area contributed by atoms with Gasteiger partial charge in [-0.15, -0.1) is 0 Å². The van der Waals surface area contributed by atoms with E-state index in [-0.39, 0.29) is 0 Å². The van der Waals surface area contributed by atoms with Crippen molar-refractivity contribution in [1.82, 2.24) is 15.3 Å². The molecule has 0 spiro atoms. The lowest BCUT2D eigenvalue weighted by Gasteiger charge is -2.20. The van der Waals surface area contributed by atoms with Gasteiger partial charge in [-0.3, -0.25) is 0 Å². The number of imidazole rings is 1. The molecule has 0 aliphatic carbocycles. The Labute approximate surface area is 104 Å². The van der Waals surface area contributed by atoms with Crippen LogP contribution in [0.25, 0.3) is 0 Å². The number of hydrogen-bond donors (Lipinski definition) is 2. The summed E-state index contributed by atoms with van der Waals surface area (Å²) >= 11 is 0. The molecule has 0 radical (unpaired) electrons. The summed E-state index contributed by atoms with van der Waals surface area (Å²) < 4.78 is 0. The summed E-state index contributed by atoms with van der Waals surface area (Å²) in [6.45, 7) is 8.97. The number of hydrogen-bond acceptors (Lipinski definition) is 2. The smallest absolute Gasteiger partial charge is 0.110 e. The zero-order valence-electron chi connectivity index (χ0n) is 11.3. The zero-order valence-corrected chi connectivity index (χ0v) is 11.3. The molecule has 3 heteroatoms. The van der Waals surface area contributed by atoms with Crippen molar-refractivity contribution in [1.29, 1.82) is 0 Å². The highest BCUT2D eigenvalue weighted by molar-refractivity contribution is 5.18. The molecule has 1 saturated heterocycles. The quantitative estimate of drug-likeness (QED) is 0.842. The lowest BCUT2D eigenvalue weighted by Crippen LogP contribution is -2.28. The Morgan fingerprint density at radius 1 is 1.41 bits per heavy atom. The number of nitrogens with one attached hydrogen (secondary N) is 2.